The molecule has 0 saturated heterocycles. The topological polar surface area (TPSA) is 26.3 Å². The van der Waals surface area contributed by atoms with Gasteiger partial charge in [0.1, 0.15) is 0 Å². The predicted molar refractivity (Wildman–Crippen MR) is 336 cm³/mol. The third-order valence-corrected chi connectivity index (χ3v) is 18.0. The molecule has 0 spiro atoms. The summed E-state index contributed by atoms with van der Waals surface area (Å²) in [4.78, 5) is 13.8. The first-order chi connectivity index (χ1) is 35.9. The van der Waals surface area contributed by atoms with Gasteiger partial charge in [-0.25, -0.2) is 4.79 Å². The summed E-state index contributed by atoms with van der Waals surface area (Å²) < 4.78 is 6.32. The van der Waals surface area contributed by atoms with Gasteiger partial charge < -0.3 is 4.74 Å². The van der Waals surface area contributed by atoms with Crippen molar-refractivity contribution in [1.82, 2.24) is 0 Å². The number of ether oxygens (including phenoxy) is 1. The van der Waals surface area contributed by atoms with Gasteiger partial charge in [-0.15, -0.1) is 0 Å². The molecule has 0 aromatic rings. The summed E-state index contributed by atoms with van der Waals surface area (Å²) in [6, 6.07) is 0. The van der Waals surface area contributed by atoms with Crippen LogP contribution in [0.2, 0.25) is 0 Å². The molecule has 6 atom stereocenters. The van der Waals surface area contributed by atoms with Gasteiger partial charge in [-0.2, -0.15) is 0 Å². The van der Waals surface area contributed by atoms with Crippen molar-refractivity contribution in [2.24, 2.45) is 47.3 Å². The predicted octanol–water partition coefficient (Wildman–Crippen LogP) is 25.7. The highest BCUT2D eigenvalue weighted by Gasteiger charge is 2.22. The normalized spacial score (nSPS) is 14.7. The highest BCUT2D eigenvalue weighted by molar-refractivity contribution is 5.87. The number of carbonyl (C=O) groups is 1. The molecule has 0 N–H and O–H groups in total. The Kier molecular flexibility index (Phi) is 54.9. The van der Waals surface area contributed by atoms with Crippen LogP contribution >= 0.6 is 0 Å². The summed E-state index contributed by atoms with van der Waals surface area (Å²) in [7, 11) is 0. The molecule has 0 bridgehead atoms. The van der Waals surface area contributed by atoms with Gasteiger partial charge in [-0.05, 0) is 67.1 Å². The van der Waals surface area contributed by atoms with E-state index in [1.54, 1.807) is 0 Å². The first kappa shape index (κ1) is 73.2. The van der Waals surface area contributed by atoms with E-state index in [4.69, 9.17) is 4.74 Å². The van der Waals surface area contributed by atoms with Crippen LogP contribution in [0.25, 0.3) is 0 Å². The summed E-state index contributed by atoms with van der Waals surface area (Å²) in [5.74, 6) is 5.82. The highest BCUT2D eigenvalue weighted by atomic mass is 16.5. The number of esters is 1. The number of carbonyl (C=O) groups excluding carboxylic acids is 1. The van der Waals surface area contributed by atoms with Gasteiger partial charge in [0.15, 0.2) is 0 Å². The minimum absolute atomic E-state index is 0.0496. The fourth-order valence-corrected chi connectivity index (χ4v) is 12.1. The zero-order chi connectivity index (χ0) is 54.5. The van der Waals surface area contributed by atoms with Gasteiger partial charge in [-0.3, -0.25) is 0 Å². The Labute approximate surface area is 469 Å². The summed E-state index contributed by atoms with van der Waals surface area (Å²) in [6.07, 6.45) is 70.1. The second-order valence-electron chi connectivity index (χ2n) is 26.9. The summed E-state index contributed by atoms with van der Waals surface area (Å²) in [5, 5.41) is 0. The largest absolute Gasteiger partial charge is 0.462 e. The fourth-order valence-electron chi connectivity index (χ4n) is 12.1. The Morgan fingerprint density at radius 3 is 1.01 bits per heavy atom. The van der Waals surface area contributed by atoms with Crippen molar-refractivity contribution in [2.45, 2.75) is 391 Å². The molecule has 0 aromatic carbocycles. The van der Waals surface area contributed by atoms with Crippen LogP contribution in [0.3, 0.4) is 0 Å². The Morgan fingerprint density at radius 1 is 0.338 bits per heavy atom. The van der Waals surface area contributed by atoms with Crippen LogP contribution in [0.5, 0.6) is 0 Å². The minimum atomic E-state index is -0.0496. The van der Waals surface area contributed by atoms with E-state index in [-0.39, 0.29) is 5.97 Å². The Bertz CT molecular complexity index is 1150. The highest BCUT2D eigenvalue weighted by Crippen LogP contribution is 2.30. The van der Waals surface area contributed by atoms with Gasteiger partial charge in [0.25, 0.3) is 0 Å². The van der Waals surface area contributed by atoms with Crippen LogP contribution in [0.1, 0.15) is 391 Å². The smallest absolute Gasteiger partial charge is 0.333 e. The average molecular weight is 1040 g/mol. The molecule has 0 aliphatic rings. The van der Waals surface area contributed by atoms with E-state index in [0.29, 0.717) is 24.4 Å². The number of hydrogen-bond donors (Lipinski definition) is 0. The molecular formula is C72H142O2. The SMILES string of the molecule is CCCCCCCCCCCCCC(C)CCC(COC(=O)C(C)=CCC(CCCCCCCCCCCCCCC(C)C)CCCC(C)CCCCCCCC(C)C)C(C)CCCC(C)CCCCCCCC. The monoisotopic (exact) mass is 1040 g/mol. The van der Waals surface area contributed by atoms with E-state index < -0.39 is 0 Å². The van der Waals surface area contributed by atoms with E-state index in [0.717, 1.165) is 41.6 Å². The molecule has 0 aliphatic carbocycles. The summed E-state index contributed by atoms with van der Waals surface area (Å²) in [6.45, 7) is 26.7. The number of hydrogen-bond acceptors (Lipinski definition) is 2. The number of unbranched alkanes of at least 4 members (excludes halogenated alkanes) is 30. The third-order valence-electron chi connectivity index (χ3n) is 18.0. The van der Waals surface area contributed by atoms with Crippen molar-refractivity contribution in [2.75, 3.05) is 6.61 Å². The molecule has 2 nitrogen and oxygen atoms in total. The molecule has 0 aromatic heterocycles. The molecule has 0 rings (SSSR count). The van der Waals surface area contributed by atoms with Crippen molar-refractivity contribution in [3.63, 3.8) is 0 Å². The molecule has 6 unspecified atom stereocenters. The quantitative estimate of drug-likeness (QED) is 0.0345. The second-order valence-corrected chi connectivity index (χ2v) is 26.9. The second kappa shape index (κ2) is 55.5. The van der Waals surface area contributed by atoms with E-state index in [2.05, 4.69) is 82.2 Å². The zero-order valence-electron chi connectivity index (χ0n) is 53.4. The Hall–Kier alpha value is -0.790. The van der Waals surface area contributed by atoms with Crippen LogP contribution in [0.15, 0.2) is 11.6 Å². The maximum atomic E-state index is 13.8. The fraction of sp³-hybridized carbons (Fsp3) is 0.958. The van der Waals surface area contributed by atoms with Crippen molar-refractivity contribution in [1.29, 1.82) is 0 Å². The van der Waals surface area contributed by atoms with Crippen LogP contribution in [0.4, 0.5) is 0 Å². The maximum Gasteiger partial charge on any atom is 0.333 e. The van der Waals surface area contributed by atoms with Gasteiger partial charge >= 0.3 is 5.97 Å². The molecule has 0 heterocycles. The lowest BCUT2D eigenvalue weighted by Crippen LogP contribution is -2.22. The lowest BCUT2D eigenvalue weighted by molar-refractivity contribution is -0.141. The van der Waals surface area contributed by atoms with Crippen LogP contribution in [-0.2, 0) is 9.53 Å². The molecule has 74 heavy (non-hydrogen) atoms. The van der Waals surface area contributed by atoms with Crippen molar-refractivity contribution >= 4 is 5.97 Å². The molecule has 0 aliphatic heterocycles. The summed E-state index contributed by atoms with van der Waals surface area (Å²) >= 11 is 0. The molecule has 0 saturated carbocycles. The first-order valence-corrected chi connectivity index (χ1v) is 34.7. The zero-order valence-corrected chi connectivity index (χ0v) is 53.4. The lowest BCUT2D eigenvalue weighted by atomic mass is 9.83. The van der Waals surface area contributed by atoms with Gasteiger partial charge in [0, 0.05) is 5.57 Å². The van der Waals surface area contributed by atoms with Crippen LogP contribution in [0, 0.1) is 47.3 Å². The first-order valence-electron chi connectivity index (χ1n) is 34.7. The van der Waals surface area contributed by atoms with E-state index in [1.807, 2.05) is 0 Å². The van der Waals surface area contributed by atoms with Crippen LogP contribution in [-0.4, -0.2) is 12.6 Å². The van der Waals surface area contributed by atoms with E-state index in [1.165, 1.54) is 308 Å². The third kappa shape index (κ3) is 51.9. The minimum Gasteiger partial charge on any atom is -0.462 e. The summed E-state index contributed by atoms with van der Waals surface area (Å²) in [5.41, 5.74) is 0.854. The lowest BCUT2D eigenvalue weighted by Gasteiger charge is -2.26. The molecule has 0 amide bonds. The van der Waals surface area contributed by atoms with Crippen molar-refractivity contribution < 1.29 is 9.53 Å². The number of rotatable bonds is 59. The average Bonchev–Trinajstić information content (AvgIpc) is 3.37. The van der Waals surface area contributed by atoms with Gasteiger partial charge in [0.2, 0.25) is 0 Å². The number of allylic oxidation sites excluding steroid dienone is 1. The Balaban J connectivity index is 5.27. The molecule has 0 fully saturated rings. The van der Waals surface area contributed by atoms with E-state index in [9.17, 15) is 4.79 Å². The molecular weight excluding hydrogens is 897 g/mol. The van der Waals surface area contributed by atoms with Crippen molar-refractivity contribution in [3.8, 4) is 0 Å². The Morgan fingerprint density at radius 2 is 0.635 bits per heavy atom. The molecule has 442 valence electrons. The van der Waals surface area contributed by atoms with E-state index >= 15 is 0 Å². The van der Waals surface area contributed by atoms with Gasteiger partial charge in [0.05, 0.1) is 6.61 Å². The standard InChI is InChI=1S/C72H142O2/c1-12-14-16-18-20-21-24-28-31-37-44-52-67(9)58-61-71(68(10)55-46-53-65(7)50-42-36-19-17-15-13-2)62-74-72(73)69(11)59-60-70(57-47-54-66(8)51-43-38-33-35-41-49-64(5)6)56-45-39-32-29-26-23-22-25-27-30-34-40-48-63(3)4/h59,63-68,70-71H,12-58,60-62H2,1-11H3. The van der Waals surface area contributed by atoms with Crippen LogP contribution < -0.4 is 0 Å². The molecule has 2 heteroatoms. The maximum absolute atomic E-state index is 13.8. The molecule has 0 radical (unpaired) electrons. The van der Waals surface area contributed by atoms with Crippen molar-refractivity contribution in [3.05, 3.63) is 11.6 Å². The van der Waals surface area contributed by atoms with Gasteiger partial charge in [-0.1, -0.05) is 377 Å².